The van der Waals surface area contributed by atoms with Gasteiger partial charge in [-0.2, -0.15) is 0 Å². The Labute approximate surface area is 171 Å². The van der Waals surface area contributed by atoms with Gasteiger partial charge in [-0.15, -0.1) is 0 Å². The molecule has 1 aliphatic heterocycles. The average molecular weight is 395 g/mol. The molecule has 6 nitrogen and oxygen atoms in total. The van der Waals surface area contributed by atoms with Crippen LogP contribution in [-0.2, 0) is 9.53 Å². The van der Waals surface area contributed by atoms with Crippen LogP contribution in [-0.4, -0.2) is 50.1 Å². The minimum Gasteiger partial charge on any atom is -0.381 e. The fourth-order valence-electron chi connectivity index (χ4n) is 5.16. The third kappa shape index (κ3) is 6.41. The molecule has 2 aliphatic carbocycles. The molecule has 0 spiro atoms. The lowest BCUT2D eigenvalue weighted by atomic mass is 9.78. The van der Waals surface area contributed by atoms with Crippen molar-refractivity contribution in [2.24, 2.45) is 17.8 Å². The second kappa shape index (κ2) is 9.88. The first-order valence-corrected chi connectivity index (χ1v) is 11.4. The Morgan fingerprint density at radius 2 is 1.50 bits per heavy atom. The monoisotopic (exact) mass is 394 g/mol. The van der Waals surface area contributed by atoms with E-state index in [4.69, 9.17) is 4.74 Å². The molecule has 1 saturated heterocycles. The molecule has 162 valence electrons. The zero-order chi connectivity index (χ0) is 20.1. The van der Waals surface area contributed by atoms with E-state index in [2.05, 4.69) is 42.0 Å². The number of nitrogens with one attached hydrogen (secondary N) is 4. The lowest BCUT2D eigenvalue weighted by Gasteiger charge is -2.40. The molecule has 0 radical (unpaired) electrons. The van der Waals surface area contributed by atoms with Crippen molar-refractivity contribution in [1.29, 1.82) is 0 Å². The minimum atomic E-state index is -0.137. The van der Waals surface area contributed by atoms with E-state index in [9.17, 15) is 4.79 Å². The van der Waals surface area contributed by atoms with Crippen LogP contribution in [0.15, 0.2) is 0 Å². The Morgan fingerprint density at radius 3 is 2.04 bits per heavy atom. The largest absolute Gasteiger partial charge is 0.381 e. The van der Waals surface area contributed by atoms with Gasteiger partial charge in [0.1, 0.15) is 6.29 Å². The molecule has 0 aromatic carbocycles. The summed E-state index contributed by atoms with van der Waals surface area (Å²) < 4.78 is 5.51. The molecule has 6 heteroatoms. The van der Waals surface area contributed by atoms with E-state index < -0.39 is 0 Å². The van der Waals surface area contributed by atoms with E-state index in [0.717, 1.165) is 50.6 Å². The van der Waals surface area contributed by atoms with E-state index in [1.165, 1.54) is 25.7 Å². The average Bonchev–Trinajstić information content (AvgIpc) is 2.68. The molecular formula is C22H42N4O2. The summed E-state index contributed by atoms with van der Waals surface area (Å²) in [6.07, 6.45) is 9.83. The maximum absolute atomic E-state index is 12.4. The number of methoxy groups -OCH3 is 1. The first-order chi connectivity index (χ1) is 13.3. The van der Waals surface area contributed by atoms with Crippen molar-refractivity contribution in [1.82, 2.24) is 21.3 Å². The van der Waals surface area contributed by atoms with Crippen LogP contribution in [0.25, 0.3) is 0 Å². The normalized spacial score (nSPS) is 37.4. The SMILES string of the molecule is COC1CCC(C2CNC(NC3CCC(C(=O)NC(C)(C)C)CC3)NC2)CC1. The number of rotatable bonds is 5. The molecule has 4 N–H and O–H groups in total. The van der Waals surface area contributed by atoms with Gasteiger partial charge in [0.25, 0.3) is 0 Å². The number of hydrogen-bond donors (Lipinski definition) is 4. The standard InChI is InChI=1S/C22H42N4O2/c1-22(2,3)26-20(27)16-5-9-18(10-6-16)25-21-23-13-17(14-24-21)15-7-11-19(28-4)12-8-15/h15-19,21,23-25H,5-14H2,1-4H3,(H,26,27). The third-order valence-electron chi connectivity index (χ3n) is 6.89. The van der Waals surface area contributed by atoms with Crippen LogP contribution < -0.4 is 21.3 Å². The molecule has 28 heavy (non-hydrogen) atoms. The Kier molecular flexibility index (Phi) is 7.76. The first-order valence-electron chi connectivity index (χ1n) is 11.4. The second-order valence-electron chi connectivity index (χ2n) is 10.2. The van der Waals surface area contributed by atoms with Crippen molar-refractivity contribution in [2.45, 2.75) is 96.1 Å². The molecule has 0 aromatic rings. The predicted octanol–water partition coefficient (Wildman–Crippen LogP) is 2.35. The highest BCUT2D eigenvalue weighted by molar-refractivity contribution is 5.79. The van der Waals surface area contributed by atoms with Crippen molar-refractivity contribution in [2.75, 3.05) is 20.2 Å². The van der Waals surface area contributed by atoms with E-state index >= 15 is 0 Å². The van der Waals surface area contributed by atoms with E-state index in [1.54, 1.807) is 0 Å². The Bertz CT molecular complexity index is 483. The Hall–Kier alpha value is -0.690. The molecule has 3 aliphatic rings. The maximum Gasteiger partial charge on any atom is 0.223 e. The van der Waals surface area contributed by atoms with Gasteiger partial charge in [-0.25, -0.2) is 0 Å². The van der Waals surface area contributed by atoms with Crippen molar-refractivity contribution in [3.8, 4) is 0 Å². The highest BCUT2D eigenvalue weighted by Crippen LogP contribution is 2.32. The quantitative estimate of drug-likeness (QED) is 0.576. The topological polar surface area (TPSA) is 74.4 Å². The molecule has 0 aromatic heterocycles. The highest BCUT2D eigenvalue weighted by atomic mass is 16.5. The van der Waals surface area contributed by atoms with Crippen LogP contribution in [0.4, 0.5) is 0 Å². The molecule has 0 bridgehead atoms. The number of carbonyl (C=O) groups excluding carboxylic acids is 1. The van der Waals surface area contributed by atoms with Gasteiger partial charge in [0, 0.05) is 37.7 Å². The zero-order valence-corrected chi connectivity index (χ0v) is 18.4. The molecule has 2 saturated carbocycles. The van der Waals surface area contributed by atoms with Gasteiger partial charge >= 0.3 is 0 Å². The summed E-state index contributed by atoms with van der Waals surface area (Å²) in [5.74, 6) is 1.96. The first kappa shape index (κ1) is 22.0. The summed E-state index contributed by atoms with van der Waals surface area (Å²) in [7, 11) is 1.84. The lowest BCUT2D eigenvalue weighted by molar-refractivity contribution is -0.127. The number of ether oxygens (including phenoxy) is 1. The molecule has 1 amide bonds. The van der Waals surface area contributed by atoms with Gasteiger partial charge in [0.05, 0.1) is 6.10 Å². The summed E-state index contributed by atoms with van der Waals surface area (Å²) >= 11 is 0. The second-order valence-corrected chi connectivity index (χ2v) is 10.2. The van der Waals surface area contributed by atoms with Gasteiger partial charge in [-0.1, -0.05) is 0 Å². The summed E-state index contributed by atoms with van der Waals surface area (Å²) in [6.45, 7) is 8.34. The maximum atomic E-state index is 12.4. The fraction of sp³-hybridized carbons (Fsp3) is 0.955. The summed E-state index contributed by atoms with van der Waals surface area (Å²) in [6, 6.07) is 0.498. The predicted molar refractivity (Wildman–Crippen MR) is 113 cm³/mol. The molecule has 3 fully saturated rings. The molecule has 0 atom stereocenters. The lowest BCUT2D eigenvalue weighted by Crippen LogP contribution is -2.63. The van der Waals surface area contributed by atoms with Crippen molar-refractivity contribution in [3.63, 3.8) is 0 Å². The van der Waals surface area contributed by atoms with Gasteiger partial charge in [-0.3, -0.25) is 20.7 Å². The van der Waals surface area contributed by atoms with Crippen LogP contribution in [0.2, 0.25) is 0 Å². The van der Waals surface area contributed by atoms with E-state index in [-0.39, 0.29) is 23.7 Å². The third-order valence-corrected chi connectivity index (χ3v) is 6.89. The summed E-state index contributed by atoms with van der Waals surface area (Å²) in [4.78, 5) is 12.4. The van der Waals surface area contributed by atoms with E-state index in [1.807, 2.05) is 7.11 Å². The van der Waals surface area contributed by atoms with Crippen molar-refractivity contribution < 1.29 is 9.53 Å². The van der Waals surface area contributed by atoms with Crippen LogP contribution >= 0.6 is 0 Å². The van der Waals surface area contributed by atoms with Gasteiger partial charge in [0.15, 0.2) is 0 Å². The molecule has 0 unspecified atom stereocenters. The number of carbonyl (C=O) groups is 1. The van der Waals surface area contributed by atoms with Crippen molar-refractivity contribution >= 4 is 5.91 Å². The zero-order valence-electron chi connectivity index (χ0n) is 18.4. The Morgan fingerprint density at radius 1 is 0.893 bits per heavy atom. The number of amides is 1. The van der Waals surface area contributed by atoms with Gasteiger partial charge < -0.3 is 10.1 Å². The van der Waals surface area contributed by atoms with Crippen LogP contribution in [0, 0.1) is 17.8 Å². The fourth-order valence-corrected chi connectivity index (χ4v) is 5.16. The van der Waals surface area contributed by atoms with Gasteiger partial charge in [-0.05, 0) is 84.0 Å². The number of hydrogen-bond acceptors (Lipinski definition) is 5. The van der Waals surface area contributed by atoms with Crippen LogP contribution in [0.3, 0.4) is 0 Å². The van der Waals surface area contributed by atoms with E-state index in [0.29, 0.717) is 12.1 Å². The summed E-state index contributed by atoms with van der Waals surface area (Å²) in [5.41, 5.74) is -0.137. The molecule has 1 heterocycles. The van der Waals surface area contributed by atoms with Crippen molar-refractivity contribution in [3.05, 3.63) is 0 Å². The molecule has 3 rings (SSSR count). The smallest absolute Gasteiger partial charge is 0.223 e. The van der Waals surface area contributed by atoms with Gasteiger partial charge in [0.2, 0.25) is 5.91 Å². The van der Waals surface area contributed by atoms with Crippen LogP contribution in [0.1, 0.15) is 72.1 Å². The summed E-state index contributed by atoms with van der Waals surface area (Å²) in [5, 5.41) is 14.2. The van der Waals surface area contributed by atoms with Crippen LogP contribution in [0.5, 0.6) is 0 Å². The highest BCUT2D eigenvalue weighted by Gasteiger charge is 2.32. The Balaban J connectivity index is 1.33. The molecular weight excluding hydrogens is 352 g/mol. The minimum absolute atomic E-state index is 0.137.